The van der Waals surface area contributed by atoms with Gasteiger partial charge in [-0.1, -0.05) is 13.3 Å². The highest BCUT2D eigenvalue weighted by Crippen LogP contribution is 2.45. The van der Waals surface area contributed by atoms with E-state index in [2.05, 4.69) is 6.92 Å². The van der Waals surface area contributed by atoms with Gasteiger partial charge in [0.1, 0.15) is 17.2 Å². The molecule has 1 saturated carbocycles. The van der Waals surface area contributed by atoms with E-state index in [1.165, 1.54) is 6.07 Å². The summed E-state index contributed by atoms with van der Waals surface area (Å²) in [6.07, 6.45) is 4.07. The summed E-state index contributed by atoms with van der Waals surface area (Å²) in [5.41, 5.74) is 0.289. The van der Waals surface area contributed by atoms with Crippen molar-refractivity contribution in [2.24, 2.45) is 0 Å². The molecule has 1 aliphatic rings. The Hall–Kier alpha value is -1.58. The summed E-state index contributed by atoms with van der Waals surface area (Å²) >= 11 is 0. The molecule has 0 bridgehead atoms. The van der Waals surface area contributed by atoms with Crippen LogP contribution in [0.4, 0.5) is 4.39 Å². The van der Waals surface area contributed by atoms with Gasteiger partial charge >= 0.3 is 5.97 Å². The number of halogens is 1. The summed E-state index contributed by atoms with van der Waals surface area (Å²) in [7, 11) is 0. The van der Waals surface area contributed by atoms with Gasteiger partial charge in [0.2, 0.25) is 0 Å². The van der Waals surface area contributed by atoms with E-state index in [0.29, 0.717) is 18.3 Å². The Morgan fingerprint density at radius 2 is 2.00 bits per heavy atom. The number of benzene rings is 1. The van der Waals surface area contributed by atoms with Crippen molar-refractivity contribution in [1.29, 1.82) is 0 Å². The Balaban J connectivity index is 2.25. The lowest BCUT2D eigenvalue weighted by Crippen LogP contribution is -2.24. The van der Waals surface area contributed by atoms with E-state index < -0.39 is 17.4 Å². The minimum absolute atomic E-state index is 0.000309. The molecule has 1 aromatic carbocycles. The molecule has 0 unspecified atom stereocenters. The minimum Gasteiger partial charge on any atom is -0.493 e. The van der Waals surface area contributed by atoms with Crippen LogP contribution in [0, 0.1) is 5.82 Å². The topological polar surface area (TPSA) is 35.5 Å². The van der Waals surface area contributed by atoms with E-state index in [1.54, 1.807) is 26.8 Å². The molecule has 122 valence electrons. The van der Waals surface area contributed by atoms with Gasteiger partial charge in [-0.3, -0.25) is 0 Å². The number of ether oxygens (including phenoxy) is 2. The van der Waals surface area contributed by atoms with Crippen molar-refractivity contribution in [2.75, 3.05) is 6.61 Å². The van der Waals surface area contributed by atoms with Gasteiger partial charge in [-0.15, -0.1) is 0 Å². The molecule has 22 heavy (non-hydrogen) atoms. The molecule has 0 aliphatic heterocycles. The van der Waals surface area contributed by atoms with Crippen LogP contribution in [0.25, 0.3) is 0 Å². The Morgan fingerprint density at radius 1 is 1.32 bits per heavy atom. The van der Waals surface area contributed by atoms with Crippen LogP contribution in [0.15, 0.2) is 12.1 Å². The van der Waals surface area contributed by atoms with Gasteiger partial charge < -0.3 is 9.47 Å². The fourth-order valence-electron chi connectivity index (χ4n) is 2.23. The maximum absolute atomic E-state index is 14.3. The number of carbonyl (C=O) groups excluding carboxylic acids is 1. The normalized spacial score (nSPS) is 14.8. The molecule has 2 rings (SSSR count). The lowest BCUT2D eigenvalue weighted by Gasteiger charge is -2.20. The van der Waals surface area contributed by atoms with Crippen LogP contribution in [0.3, 0.4) is 0 Å². The molecule has 1 aromatic rings. The van der Waals surface area contributed by atoms with Gasteiger partial charge in [0.15, 0.2) is 0 Å². The molecular formula is C18H25FO3. The number of hydrogen-bond donors (Lipinski definition) is 0. The third-order valence-electron chi connectivity index (χ3n) is 3.49. The zero-order valence-corrected chi connectivity index (χ0v) is 13.9. The summed E-state index contributed by atoms with van der Waals surface area (Å²) in [5, 5.41) is 0. The smallest absolute Gasteiger partial charge is 0.341 e. The Bertz CT molecular complexity index is 542. The van der Waals surface area contributed by atoms with E-state index in [4.69, 9.17) is 9.47 Å². The number of unbranched alkanes of at least 4 members (excludes halogenated alkanes) is 1. The Morgan fingerprint density at radius 3 is 2.55 bits per heavy atom. The second-order valence-corrected chi connectivity index (χ2v) is 6.85. The van der Waals surface area contributed by atoms with Crippen LogP contribution < -0.4 is 4.74 Å². The minimum atomic E-state index is -0.639. The lowest BCUT2D eigenvalue weighted by atomic mass is 10.0. The van der Waals surface area contributed by atoms with Gasteiger partial charge in [0.25, 0.3) is 0 Å². The van der Waals surface area contributed by atoms with E-state index in [0.717, 1.165) is 31.2 Å². The van der Waals surface area contributed by atoms with Gasteiger partial charge in [0.05, 0.1) is 12.2 Å². The second-order valence-electron chi connectivity index (χ2n) is 6.85. The van der Waals surface area contributed by atoms with Crippen LogP contribution in [-0.2, 0) is 4.74 Å². The standard InChI is InChI=1S/C18H25FO3/c1-5-6-9-21-16-11-15(19)14(10-13(16)12-7-8-12)17(20)22-18(2,3)4/h10-12H,5-9H2,1-4H3. The second kappa shape index (κ2) is 6.67. The maximum atomic E-state index is 14.3. The van der Waals surface area contributed by atoms with Gasteiger partial charge in [-0.25, -0.2) is 9.18 Å². The lowest BCUT2D eigenvalue weighted by molar-refractivity contribution is 0.00645. The highest BCUT2D eigenvalue weighted by Gasteiger charge is 2.30. The molecule has 0 spiro atoms. The van der Waals surface area contributed by atoms with Gasteiger partial charge in [-0.05, 0) is 57.6 Å². The Labute approximate surface area is 131 Å². The van der Waals surface area contributed by atoms with E-state index in [9.17, 15) is 9.18 Å². The number of carbonyl (C=O) groups is 1. The average Bonchev–Trinajstić information content (AvgIpc) is 3.21. The summed E-state index contributed by atoms with van der Waals surface area (Å²) < 4.78 is 25.2. The molecule has 0 saturated heterocycles. The first-order valence-corrected chi connectivity index (χ1v) is 8.01. The third-order valence-corrected chi connectivity index (χ3v) is 3.49. The first kappa shape index (κ1) is 16.8. The quantitative estimate of drug-likeness (QED) is 0.557. The predicted molar refractivity (Wildman–Crippen MR) is 83.9 cm³/mol. The molecular weight excluding hydrogens is 283 g/mol. The van der Waals surface area contributed by atoms with Gasteiger partial charge in [-0.2, -0.15) is 0 Å². The highest BCUT2D eigenvalue weighted by molar-refractivity contribution is 5.90. The molecule has 0 heterocycles. The summed E-state index contributed by atoms with van der Waals surface area (Å²) in [4.78, 5) is 12.1. The zero-order chi connectivity index (χ0) is 16.3. The molecule has 1 aliphatic carbocycles. The fourth-order valence-corrected chi connectivity index (χ4v) is 2.23. The molecule has 1 fully saturated rings. The molecule has 4 heteroatoms. The summed E-state index contributed by atoms with van der Waals surface area (Å²) in [6.45, 7) is 7.96. The molecule has 0 amide bonds. The highest BCUT2D eigenvalue weighted by atomic mass is 19.1. The van der Waals surface area contributed by atoms with Crippen LogP contribution in [-0.4, -0.2) is 18.2 Å². The van der Waals surface area contributed by atoms with Crippen molar-refractivity contribution < 1.29 is 18.7 Å². The van der Waals surface area contributed by atoms with Crippen molar-refractivity contribution in [3.05, 3.63) is 29.1 Å². The molecule has 0 atom stereocenters. The van der Waals surface area contributed by atoms with E-state index in [-0.39, 0.29) is 5.56 Å². The van der Waals surface area contributed by atoms with Crippen molar-refractivity contribution in [3.8, 4) is 5.75 Å². The maximum Gasteiger partial charge on any atom is 0.341 e. The summed E-state index contributed by atoms with van der Waals surface area (Å²) in [5.74, 6) is -0.253. The SMILES string of the molecule is CCCCOc1cc(F)c(C(=O)OC(C)(C)C)cc1C1CC1. The van der Waals surface area contributed by atoms with Gasteiger partial charge in [0, 0.05) is 6.07 Å². The predicted octanol–water partition coefficient (Wildman–Crippen LogP) is 4.84. The van der Waals surface area contributed by atoms with Crippen molar-refractivity contribution in [1.82, 2.24) is 0 Å². The average molecular weight is 308 g/mol. The fraction of sp³-hybridized carbons (Fsp3) is 0.611. The number of hydrogen-bond acceptors (Lipinski definition) is 3. The molecule has 0 radical (unpaired) electrons. The monoisotopic (exact) mass is 308 g/mol. The summed E-state index contributed by atoms with van der Waals surface area (Å²) in [6, 6.07) is 2.95. The first-order valence-electron chi connectivity index (χ1n) is 8.01. The van der Waals surface area contributed by atoms with E-state index >= 15 is 0 Å². The van der Waals surface area contributed by atoms with E-state index in [1.807, 2.05) is 0 Å². The Kier molecular flexibility index (Phi) is 5.09. The number of rotatable bonds is 6. The third kappa shape index (κ3) is 4.46. The van der Waals surface area contributed by atoms with Crippen LogP contribution >= 0.6 is 0 Å². The van der Waals surface area contributed by atoms with Crippen molar-refractivity contribution >= 4 is 5.97 Å². The molecule has 0 N–H and O–H groups in total. The first-order chi connectivity index (χ1) is 10.3. The van der Waals surface area contributed by atoms with Crippen LogP contribution in [0.5, 0.6) is 5.75 Å². The van der Waals surface area contributed by atoms with Crippen LogP contribution in [0.2, 0.25) is 0 Å². The number of esters is 1. The molecule has 3 nitrogen and oxygen atoms in total. The van der Waals surface area contributed by atoms with Crippen LogP contribution in [0.1, 0.15) is 75.2 Å². The van der Waals surface area contributed by atoms with Crippen molar-refractivity contribution in [3.63, 3.8) is 0 Å². The zero-order valence-electron chi connectivity index (χ0n) is 13.9. The van der Waals surface area contributed by atoms with Crippen molar-refractivity contribution in [2.45, 2.75) is 64.9 Å². The largest absolute Gasteiger partial charge is 0.493 e. The molecule has 0 aromatic heterocycles.